The summed E-state index contributed by atoms with van der Waals surface area (Å²) >= 11 is 0. The lowest BCUT2D eigenvalue weighted by molar-refractivity contribution is -0.122. The van der Waals surface area contributed by atoms with E-state index in [1.165, 1.54) is 12.3 Å². The van der Waals surface area contributed by atoms with E-state index in [9.17, 15) is 9.59 Å². The van der Waals surface area contributed by atoms with Gasteiger partial charge in [0.05, 0.1) is 11.9 Å². The second-order valence-corrected chi connectivity index (χ2v) is 3.87. The predicted molar refractivity (Wildman–Crippen MR) is 65.9 cm³/mol. The zero-order valence-corrected chi connectivity index (χ0v) is 10.4. The van der Waals surface area contributed by atoms with Crippen LogP contribution in [0.1, 0.15) is 20.3 Å². The van der Waals surface area contributed by atoms with E-state index < -0.39 is 0 Å². The molecule has 94 valence electrons. The lowest BCUT2D eigenvalue weighted by atomic mass is 10.2. The first-order valence-electron chi connectivity index (χ1n) is 5.61. The van der Waals surface area contributed by atoms with E-state index in [-0.39, 0.29) is 24.1 Å². The molecule has 0 bridgehead atoms. The number of amides is 1. The molecule has 2 N–H and O–H groups in total. The zero-order chi connectivity index (χ0) is 12.8. The summed E-state index contributed by atoms with van der Waals surface area (Å²) in [7, 11) is 1.70. The molecular formula is C11H18N4O2. The first kappa shape index (κ1) is 13.2. The van der Waals surface area contributed by atoms with Crippen molar-refractivity contribution >= 4 is 11.6 Å². The summed E-state index contributed by atoms with van der Waals surface area (Å²) in [6.45, 7) is 3.85. The van der Waals surface area contributed by atoms with Gasteiger partial charge in [0.1, 0.15) is 6.54 Å². The molecule has 1 atom stereocenters. The highest BCUT2D eigenvalue weighted by molar-refractivity contribution is 5.75. The molecule has 1 rings (SSSR count). The van der Waals surface area contributed by atoms with Crippen LogP contribution in [0.4, 0.5) is 5.69 Å². The van der Waals surface area contributed by atoms with E-state index >= 15 is 0 Å². The third kappa shape index (κ3) is 3.90. The third-order valence-corrected chi connectivity index (χ3v) is 2.47. The molecule has 0 aliphatic carbocycles. The van der Waals surface area contributed by atoms with Crippen molar-refractivity contribution in [2.24, 2.45) is 0 Å². The Morgan fingerprint density at radius 3 is 2.82 bits per heavy atom. The van der Waals surface area contributed by atoms with Gasteiger partial charge in [0.2, 0.25) is 5.91 Å². The molecule has 1 aromatic rings. The van der Waals surface area contributed by atoms with Gasteiger partial charge < -0.3 is 10.6 Å². The third-order valence-electron chi connectivity index (χ3n) is 2.47. The molecule has 1 unspecified atom stereocenters. The van der Waals surface area contributed by atoms with Gasteiger partial charge in [-0.2, -0.15) is 5.10 Å². The van der Waals surface area contributed by atoms with Crippen LogP contribution in [-0.4, -0.2) is 28.8 Å². The van der Waals surface area contributed by atoms with Crippen LogP contribution >= 0.6 is 0 Å². The minimum Gasteiger partial charge on any atom is -0.387 e. The smallest absolute Gasteiger partial charge is 0.269 e. The normalized spacial score (nSPS) is 11.9. The quantitative estimate of drug-likeness (QED) is 0.768. The van der Waals surface area contributed by atoms with Crippen LogP contribution < -0.4 is 16.2 Å². The Bertz CT molecular complexity index is 441. The topological polar surface area (TPSA) is 76.0 Å². The molecular weight excluding hydrogens is 220 g/mol. The van der Waals surface area contributed by atoms with Crippen LogP contribution in [-0.2, 0) is 11.3 Å². The van der Waals surface area contributed by atoms with E-state index in [1.807, 2.05) is 13.8 Å². The molecule has 1 amide bonds. The van der Waals surface area contributed by atoms with Crippen molar-refractivity contribution in [3.8, 4) is 0 Å². The van der Waals surface area contributed by atoms with E-state index in [4.69, 9.17) is 0 Å². The Morgan fingerprint density at radius 1 is 1.59 bits per heavy atom. The summed E-state index contributed by atoms with van der Waals surface area (Å²) in [5.74, 6) is -0.203. The van der Waals surface area contributed by atoms with Crippen molar-refractivity contribution in [3.05, 3.63) is 22.6 Å². The Morgan fingerprint density at radius 2 is 2.29 bits per heavy atom. The van der Waals surface area contributed by atoms with Crippen LogP contribution in [0.3, 0.4) is 0 Å². The monoisotopic (exact) mass is 238 g/mol. The van der Waals surface area contributed by atoms with Crippen molar-refractivity contribution in [1.82, 2.24) is 15.1 Å². The number of anilines is 1. The molecule has 0 saturated heterocycles. The SMILES string of the molecule is CCC(C)NC(=O)Cn1ncc(NC)cc1=O. The summed E-state index contributed by atoms with van der Waals surface area (Å²) < 4.78 is 1.14. The standard InChI is InChI=1S/C11H18N4O2/c1-4-8(2)14-10(16)7-15-11(17)5-9(12-3)6-13-15/h5-6,8,12H,4,7H2,1-3H3,(H,14,16). The largest absolute Gasteiger partial charge is 0.387 e. The highest BCUT2D eigenvalue weighted by atomic mass is 16.2. The van der Waals surface area contributed by atoms with Gasteiger partial charge >= 0.3 is 0 Å². The van der Waals surface area contributed by atoms with Gasteiger partial charge in [-0.3, -0.25) is 9.59 Å². The summed E-state index contributed by atoms with van der Waals surface area (Å²) in [6.07, 6.45) is 2.37. The maximum absolute atomic E-state index is 11.6. The second kappa shape index (κ2) is 6.03. The zero-order valence-electron chi connectivity index (χ0n) is 10.4. The molecule has 0 aliphatic rings. The van der Waals surface area contributed by atoms with Crippen LogP contribution in [0.5, 0.6) is 0 Å². The number of rotatable bonds is 5. The average molecular weight is 238 g/mol. The highest BCUT2D eigenvalue weighted by Gasteiger charge is 2.08. The minimum atomic E-state index is -0.295. The van der Waals surface area contributed by atoms with Gasteiger partial charge in [0, 0.05) is 19.2 Å². The first-order valence-corrected chi connectivity index (χ1v) is 5.61. The lowest BCUT2D eigenvalue weighted by Gasteiger charge is -2.11. The number of aromatic nitrogens is 2. The summed E-state index contributed by atoms with van der Waals surface area (Å²) in [6, 6.07) is 1.51. The van der Waals surface area contributed by atoms with Crippen LogP contribution in [0.25, 0.3) is 0 Å². The second-order valence-electron chi connectivity index (χ2n) is 3.87. The molecule has 1 aromatic heterocycles. The van der Waals surface area contributed by atoms with E-state index in [1.54, 1.807) is 7.05 Å². The van der Waals surface area contributed by atoms with Crippen molar-refractivity contribution in [3.63, 3.8) is 0 Å². The van der Waals surface area contributed by atoms with Gasteiger partial charge in [-0.25, -0.2) is 4.68 Å². The van der Waals surface area contributed by atoms with Gasteiger partial charge in [0.25, 0.3) is 5.56 Å². The van der Waals surface area contributed by atoms with Gasteiger partial charge in [-0.05, 0) is 13.3 Å². The lowest BCUT2D eigenvalue weighted by Crippen LogP contribution is -2.37. The Kier molecular flexibility index (Phi) is 4.68. The Hall–Kier alpha value is -1.85. The Balaban J connectivity index is 2.69. The van der Waals surface area contributed by atoms with Crippen LogP contribution in [0, 0.1) is 0 Å². The van der Waals surface area contributed by atoms with Gasteiger partial charge in [-0.15, -0.1) is 0 Å². The van der Waals surface area contributed by atoms with Crippen molar-refractivity contribution < 1.29 is 4.79 Å². The highest BCUT2D eigenvalue weighted by Crippen LogP contribution is 1.96. The van der Waals surface area contributed by atoms with Gasteiger partial charge in [-0.1, -0.05) is 6.92 Å². The number of nitrogens with one attached hydrogen (secondary N) is 2. The van der Waals surface area contributed by atoms with Crippen LogP contribution in [0.15, 0.2) is 17.1 Å². The summed E-state index contributed by atoms with van der Waals surface area (Å²) in [5, 5.41) is 9.50. The fraction of sp³-hybridized carbons (Fsp3) is 0.545. The average Bonchev–Trinajstić information content (AvgIpc) is 2.31. The van der Waals surface area contributed by atoms with E-state index in [2.05, 4.69) is 15.7 Å². The number of nitrogens with zero attached hydrogens (tertiary/aromatic N) is 2. The molecule has 6 heteroatoms. The molecule has 0 spiro atoms. The minimum absolute atomic E-state index is 0.0484. The fourth-order valence-corrected chi connectivity index (χ4v) is 1.25. The summed E-state index contributed by atoms with van der Waals surface area (Å²) in [5.41, 5.74) is 0.338. The predicted octanol–water partition coefficient (Wildman–Crippen LogP) is 0.200. The van der Waals surface area contributed by atoms with E-state index in [0.29, 0.717) is 5.69 Å². The Labute approximate surface area is 100 Å². The van der Waals surface area contributed by atoms with Crippen molar-refractivity contribution in [1.29, 1.82) is 0 Å². The number of carbonyl (C=O) groups excluding carboxylic acids is 1. The fourth-order valence-electron chi connectivity index (χ4n) is 1.25. The van der Waals surface area contributed by atoms with Crippen molar-refractivity contribution in [2.75, 3.05) is 12.4 Å². The maximum atomic E-state index is 11.6. The van der Waals surface area contributed by atoms with Crippen molar-refractivity contribution in [2.45, 2.75) is 32.9 Å². The molecule has 0 aromatic carbocycles. The number of carbonyl (C=O) groups is 1. The van der Waals surface area contributed by atoms with E-state index in [0.717, 1.165) is 11.1 Å². The molecule has 0 aliphatic heterocycles. The summed E-state index contributed by atoms with van der Waals surface area (Å²) in [4.78, 5) is 23.1. The molecule has 0 saturated carbocycles. The van der Waals surface area contributed by atoms with Gasteiger partial charge in [0.15, 0.2) is 0 Å². The molecule has 0 fully saturated rings. The maximum Gasteiger partial charge on any atom is 0.269 e. The molecule has 17 heavy (non-hydrogen) atoms. The molecule has 0 radical (unpaired) electrons. The molecule has 1 heterocycles. The first-order chi connectivity index (χ1) is 8.06. The molecule has 6 nitrogen and oxygen atoms in total. The number of hydrogen-bond acceptors (Lipinski definition) is 4. The van der Waals surface area contributed by atoms with Crippen LogP contribution in [0.2, 0.25) is 0 Å². The number of hydrogen-bond donors (Lipinski definition) is 2.